The van der Waals surface area contributed by atoms with Gasteiger partial charge in [0, 0.05) is 24.0 Å². The second kappa shape index (κ2) is 6.10. The van der Waals surface area contributed by atoms with E-state index in [2.05, 4.69) is 16.4 Å². The van der Waals surface area contributed by atoms with Crippen LogP contribution in [0.3, 0.4) is 0 Å². The average Bonchev–Trinajstić information content (AvgIpc) is 3.14. The molecule has 0 aliphatic heterocycles. The molecular weight excluding hydrogens is 282 g/mol. The van der Waals surface area contributed by atoms with Crippen LogP contribution in [0.5, 0.6) is 0 Å². The van der Waals surface area contributed by atoms with Gasteiger partial charge >= 0.3 is 0 Å². The Balaban J connectivity index is 1.75. The topological polar surface area (TPSA) is 46.4 Å². The van der Waals surface area contributed by atoms with Gasteiger partial charge < -0.3 is 9.72 Å². The van der Waals surface area contributed by atoms with Crippen molar-refractivity contribution in [1.82, 2.24) is 14.7 Å². The minimum absolute atomic E-state index is 0.102. The van der Waals surface area contributed by atoms with Gasteiger partial charge in [0.2, 0.25) is 0 Å². The summed E-state index contributed by atoms with van der Waals surface area (Å²) in [5.41, 5.74) is 1.38. The van der Waals surface area contributed by atoms with Crippen LogP contribution in [0.25, 0.3) is 5.52 Å². The summed E-state index contributed by atoms with van der Waals surface area (Å²) in [5, 5.41) is 5.01. The summed E-state index contributed by atoms with van der Waals surface area (Å²) in [6.07, 6.45) is 3.60. The van der Waals surface area contributed by atoms with E-state index in [1.165, 1.54) is 4.88 Å². The third kappa shape index (κ3) is 2.83. The molecule has 0 atom stereocenters. The number of hydrogen-bond acceptors (Lipinski definition) is 3. The highest BCUT2D eigenvalue weighted by atomic mass is 32.1. The average molecular weight is 299 g/mol. The summed E-state index contributed by atoms with van der Waals surface area (Å²) in [4.78, 5) is 18.1. The van der Waals surface area contributed by atoms with E-state index < -0.39 is 0 Å². The summed E-state index contributed by atoms with van der Waals surface area (Å²) in [7, 11) is 0. The first-order valence-electron chi connectivity index (χ1n) is 7.06. The lowest BCUT2D eigenvalue weighted by atomic mass is 10.3. The normalized spacial score (nSPS) is 10.9. The zero-order chi connectivity index (χ0) is 14.7. The SMILES string of the molecule is CCc1nc(C(=O)NCCc2cccs2)c2ccccn12. The Morgan fingerprint density at radius 2 is 2.24 bits per heavy atom. The van der Waals surface area contributed by atoms with Crippen molar-refractivity contribution in [3.63, 3.8) is 0 Å². The highest BCUT2D eigenvalue weighted by molar-refractivity contribution is 7.09. The smallest absolute Gasteiger partial charge is 0.272 e. The largest absolute Gasteiger partial charge is 0.350 e. The Kier molecular flexibility index (Phi) is 4.01. The van der Waals surface area contributed by atoms with E-state index in [-0.39, 0.29) is 5.91 Å². The number of hydrogen-bond donors (Lipinski definition) is 1. The fourth-order valence-electron chi connectivity index (χ4n) is 2.36. The van der Waals surface area contributed by atoms with Crippen LogP contribution in [0.15, 0.2) is 41.9 Å². The van der Waals surface area contributed by atoms with E-state index >= 15 is 0 Å². The van der Waals surface area contributed by atoms with Gasteiger partial charge in [-0.25, -0.2) is 4.98 Å². The lowest BCUT2D eigenvalue weighted by Crippen LogP contribution is -2.26. The number of pyridine rings is 1. The molecule has 0 saturated carbocycles. The maximum Gasteiger partial charge on any atom is 0.272 e. The quantitative estimate of drug-likeness (QED) is 0.787. The first kappa shape index (κ1) is 13.8. The Bertz CT molecular complexity index is 746. The van der Waals surface area contributed by atoms with Gasteiger partial charge in [-0.05, 0) is 30.0 Å². The third-order valence-corrected chi connectivity index (χ3v) is 4.33. The molecule has 4 nitrogen and oxygen atoms in total. The molecule has 0 aliphatic rings. The molecule has 1 N–H and O–H groups in total. The van der Waals surface area contributed by atoms with Crippen molar-refractivity contribution in [1.29, 1.82) is 0 Å². The van der Waals surface area contributed by atoms with Gasteiger partial charge in [-0.1, -0.05) is 19.1 Å². The lowest BCUT2D eigenvalue weighted by Gasteiger charge is -2.02. The van der Waals surface area contributed by atoms with Crippen LogP contribution in [-0.4, -0.2) is 21.8 Å². The number of nitrogens with one attached hydrogen (secondary N) is 1. The number of amides is 1. The highest BCUT2D eigenvalue weighted by Crippen LogP contribution is 2.14. The Labute approximate surface area is 127 Å². The minimum atomic E-state index is -0.102. The fraction of sp³-hybridized carbons (Fsp3) is 0.250. The number of imidazole rings is 1. The van der Waals surface area contributed by atoms with Gasteiger partial charge in [-0.15, -0.1) is 11.3 Å². The van der Waals surface area contributed by atoms with Gasteiger partial charge in [-0.3, -0.25) is 4.79 Å². The van der Waals surface area contributed by atoms with Crippen molar-refractivity contribution in [3.8, 4) is 0 Å². The Morgan fingerprint density at radius 1 is 1.33 bits per heavy atom. The molecule has 0 aliphatic carbocycles. The molecule has 21 heavy (non-hydrogen) atoms. The first-order chi connectivity index (χ1) is 10.3. The molecule has 0 unspecified atom stereocenters. The van der Waals surface area contributed by atoms with Crippen molar-refractivity contribution in [3.05, 3.63) is 58.3 Å². The fourth-order valence-corrected chi connectivity index (χ4v) is 3.06. The summed E-state index contributed by atoms with van der Waals surface area (Å²) < 4.78 is 1.98. The second-order valence-corrected chi connectivity index (χ2v) is 5.80. The van der Waals surface area contributed by atoms with Crippen LogP contribution in [0.4, 0.5) is 0 Å². The van der Waals surface area contributed by atoms with Gasteiger partial charge in [-0.2, -0.15) is 0 Å². The molecule has 0 spiro atoms. The van der Waals surface area contributed by atoms with Gasteiger partial charge in [0.05, 0.1) is 5.52 Å². The van der Waals surface area contributed by atoms with Crippen molar-refractivity contribution >= 4 is 22.8 Å². The third-order valence-electron chi connectivity index (χ3n) is 3.39. The van der Waals surface area contributed by atoms with E-state index in [4.69, 9.17) is 0 Å². The van der Waals surface area contributed by atoms with Crippen molar-refractivity contribution in [2.24, 2.45) is 0 Å². The second-order valence-electron chi connectivity index (χ2n) is 4.77. The molecule has 3 rings (SSSR count). The van der Waals surface area contributed by atoms with E-state index in [0.29, 0.717) is 12.2 Å². The van der Waals surface area contributed by atoms with Crippen LogP contribution in [-0.2, 0) is 12.8 Å². The molecule has 3 aromatic rings. The molecular formula is C16H17N3OS. The van der Waals surface area contributed by atoms with Gasteiger partial charge in [0.15, 0.2) is 5.69 Å². The molecule has 0 fully saturated rings. The number of nitrogens with zero attached hydrogens (tertiary/aromatic N) is 2. The number of rotatable bonds is 5. The van der Waals surface area contributed by atoms with Crippen LogP contribution in [0, 0.1) is 0 Å². The number of thiophene rings is 1. The van der Waals surface area contributed by atoms with Crippen LogP contribution in [0.2, 0.25) is 0 Å². The van der Waals surface area contributed by atoms with E-state index in [9.17, 15) is 4.79 Å². The van der Waals surface area contributed by atoms with Crippen molar-refractivity contribution < 1.29 is 4.79 Å². The lowest BCUT2D eigenvalue weighted by molar-refractivity contribution is 0.0951. The zero-order valence-corrected chi connectivity index (χ0v) is 12.7. The predicted octanol–water partition coefficient (Wildman–Crippen LogP) is 2.93. The molecule has 1 amide bonds. The molecule has 0 radical (unpaired) electrons. The van der Waals surface area contributed by atoms with E-state index in [1.54, 1.807) is 11.3 Å². The molecule has 108 valence electrons. The molecule has 0 bridgehead atoms. The van der Waals surface area contributed by atoms with Gasteiger partial charge in [0.1, 0.15) is 5.82 Å². The molecule has 3 heterocycles. The number of carbonyl (C=O) groups is 1. The number of aromatic nitrogens is 2. The molecule has 0 saturated heterocycles. The van der Waals surface area contributed by atoms with E-state index in [0.717, 1.165) is 24.2 Å². The van der Waals surface area contributed by atoms with Crippen molar-refractivity contribution in [2.45, 2.75) is 19.8 Å². The number of fused-ring (bicyclic) bond motifs is 1. The number of carbonyl (C=O) groups excluding carboxylic acids is 1. The zero-order valence-electron chi connectivity index (χ0n) is 11.9. The monoisotopic (exact) mass is 299 g/mol. The maximum absolute atomic E-state index is 12.3. The van der Waals surface area contributed by atoms with Crippen molar-refractivity contribution in [2.75, 3.05) is 6.54 Å². The molecule has 5 heteroatoms. The summed E-state index contributed by atoms with van der Waals surface area (Å²) in [6, 6.07) is 9.92. The number of aryl methyl sites for hydroxylation is 1. The highest BCUT2D eigenvalue weighted by Gasteiger charge is 2.15. The standard InChI is InChI=1S/C16H17N3OS/c1-2-14-18-15(13-7-3-4-10-19(13)14)16(20)17-9-8-12-6-5-11-21-12/h3-7,10-11H,2,8-9H2,1H3,(H,17,20). The minimum Gasteiger partial charge on any atom is -0.350 e. The summed E-state index contributed by atoms with van der Waals surface area (Å²) >= 11 is 1.71. The Morgan fingerprint density at radius 3 is 3.00 bits per heavy atom. The molecule has 0 aromatic carbocycles. The van der Waals surface area contributed by atoms with Crippen LogP contribution >= 0.6 is 11.3 Å². The van der Waals surface area contributed by atoms with Gasteiger partial charge in [0.25, 0.3) is 5.91 Å². The predicted molar refractivity (Wildman–Crippen MR) is 84.9 cm³/mol. The van der Waals surface area contributed by atoms with E-state index in [1.807, 2.05) is 47.2 Å². The Hall–Kier alpha value is -2.14. The first-order valence-corrected chi connectivity index (χ1v) is 7.94. The molecule has 3 aromatic heterocycles. The van der Waals surface area contributed by atoms with Crippen LogP contribution < -0.4 is 5.32 Å². The van der Waals surface area contributed by atoms with Crippen LogP contribution in [0.1, 0.15) is 28.1 Å². The summed E-state index contributed by atoms with van der Waals surface area (Å²) in [6.45, 7) is 2.67. The maximum atomic E-state index is 12.3. The summed E-state index contributed by atoms with van der Waals surface area (Å²) in [5.74, 6) is 0.809.